The number of H-pyrrole nitrogens is 2. The van der Waals surface area contributed by atoms with E-state index in [-0.39, 0.29) is 5.82 Å². The van der Waals surface area contributed by atoms with Crippen LogP contribution in [0.5, 0.6) is 0 Å². The number of benzene rings is 1. The number of rotatable bonds is 5. The van der Waals surface area contributed by atoms with Gasteiger partial charge in [0, 0.05) is 47.5 Å². The lowest BCUT2D eigenvalue weighted by Crippen LogP contribution is -2.09. The summed E-state index contributed by atoms with van der Waals surface area (Å²) in [7, 11) is 0. The normalized spacial score (nSPS) is 11.5. The van der Waals surface area contributed by atoms with E-state index in [1.165, 1.54) is 12.1 Å². The fraction of sp³-hybridized carbons (Fsp3) is 0.115. The van der Waals surface area contributed by atoms with E-state index in [2.05, 4.69) is 49.3 Å². The van der Waals surface area contributed by atoms with E-state index in [9.17, 15) is 4.39 Å². The highest BCUT2D eigenvalue weighted by atomic mass is 19.1. The van der Waals surface area contributed by atoms with Gasteiger partial charge < -0.3 is 10.3 Å². The number of hydrogen-bond donors (Lipinski definition) is 3. The van der Waals surface area contributed by atoms with Crippen molar-refractivity contribution in [3.05, 3.63) is 73.2 Å². The summed E-state index contributed by atoms with van der Waals surface area (Å²) in [6.07, 6.45) is 8.80. The molecule has 0 atom stereocenters. The number of halogens is 1. The van der Waals surface area contributed by atoms with Gasteiger partial charge in [-0.1, -0.05) is 12.1 Å². The summed E-state index contributed by atoms with van der Waals surface area (Å²) in [5.74, 6) is 0.288. The molecule has 35 heavy (non-hydrogen) atoms. The number of imidazole rings is 1. The zero-order valence-electron chi connectivity index (χ0n) is 19.0. The number of pyridine rings is 3. The predicted octanol–water partition coefficient (Wildman–Crippen LogP) is 5.58. The van der Waals surface area contributed by atoms with Crippen LogP contribution in [-0.4, -0.2) is 41.2 Å². The average molecular weight is 465 g/mol. The maximum Gasteiger partial charge on any atom is 0.181 e. The van der Waals surface area contributed by atoms with Crippen LogP contribution in [0.2, 0.25) is 0 Å². The van der Waals surface area contributed by atoms with Gasteiger partial charge in [0.15, 0.2) is 11.5 Å². The maximum absolute atomic E-state index is 13.8. The second-order valence-electron chi connectivity index (χ2n) is 8.63. The topological polar surface area (TPSA) is 108 Å². The van der Waals surface area contributed by atoms with Crippen LogP contribution in [0.1, 0.15) is 13.8 Å². The number of hydrogen-bond acceptors (Lipinski definition) is 6. The zero-order valence-corrected chi connectivity index (χ0v) is 19.0. The highest BCUT2D eigenvalue weighted by Gasteiger charge is 2.16. The molecule has 0 aliphatic carbocycles. The summed E-state index contributed by atoms with van der Waals surface area (Å²) >= 11 is 0. The lowest BCUT2D eigenvalue weighted by atomic mass is 10.1. The molecule has 6 aromatic rings. The maximum atomic E-state index is 13.8. The first-order chi connectivity index (χ1) is 17.0. The molecule has 0 aliphatic heterocycles. The Labute approximate surface area is 199 Å². The minimum Gasteiger partial charge on any atom is -0.382 e. The van der Waals surface area contributed by atoms with Crippen LogP contribution in [0.25, 0.3) is 55.8 Å². The van der Waals surface area contributed by atoms with Crippen LogP contribution in [0, 0.1) is 5.82 Å². The molecule has 5 heterocycles. The summed E-state index contributed by atoms with van der Waals surface area (Å²) in [6, 6.07) is 10.8. The number of anilines is 1. The highest BCUT2D eigenvalue weighted by molar-refractivity contribution is 5.96. The van der Waals surface area contributed by atoms with Crippen LogP contribution in [0.3, 0.4) is 0 Å². The Kier molecular flexibility index (Phi) is 4.95. The van der Waals surface area contributed by atoms with E-state index in [1.54, 1.807) is 30.9 Å². The lowest BCUT2D eigenvalue weighted by Gasteiger charge is -2.10. The summed E-state index contributed by atoms with van der Waals surface area (Å²) in [4.78, 5) is 21.4. The van der Waals surface area contributed by atoms with Crippen LogP contribution < -0.4 is 5.32 Å². The first kappa shape index (κ1) is 20.9. The van der Waals surface area contributed by atoms with Crippen molar-refractivity contribution in [1.29, 1.82) is 0 Å². The van der Waals surface area contributed by atoms with Gasteiger partial charge in [-0.15, -0.1) is 0 Å². The first-order valence-corrected chi connectivity index (χ1v) is 11.2. The number of aromatic amines is 2. The third kappa shape index (κ3) is 3.86. The Morgan fingerprint density at radius 2 is 1.77 bits per heavy atom. The van der Waals surface area contributed by atoms with Gasteiger partial charge in [0.05, 0.1) is 28.3 Å². The molecule has 1 aromatic carbocycles. The van der Waals surface area contributed by atoms with Gasteiger partial charge in [-0.3, -0.25) is 15.1 Å². The third-order valence-electron chi connectivity index (χ3n) is 5.70. The molecule has 9 heteroatoms. The van der Waals surface area contributed by atoms with Crippen LogP contribution >= 0.6 is 0 Å². The molecule has 0 bridgehead atoms. The SMILES string of the molecule is CC(C)Nc1cncc(-c2cnc3n[nH]c(-c4nc5c(-c6cccc(F)c6)cncc5[nH]4)c3c2)c1. The van der Waals surface area contributed by atoms with Gasteiger partial charge in [-0.25, -0.2) is 14.4 Å². The minimum atomic E-state index is -0.310. The monoisotopic (exact) mass is 464 g/mol. The van der Waals surface area contributed by atoms with Crippen LogP contribution in [0.4, 0.5) is 10.1 Å². The fourth-order valence-electron chi connectivity index (χ4n) is 4.17. The molecular formula is C26H21FN8. The molecule has 6 rings (SSSR count). The molecule has 0 spiro atoms. The van der Waals surface area contributed by atoms with Gasteiger partial charge in [0.2, 0.25) is 0 Å². The predicted molar refractivity (Wildman–Crippen MR) is 134 cm³/mol. The second-order valence-corrected chi connectivity index (χ2v) is 8.63. The summed E-state index contributed by atoms with van der Waals surface area (Å²) in [6.45, 7) is 4.17. The summed E-state index contributed by atoms with van der Waals surface area (Å²) in [5, 5.41) is 11.6. The van der Waals surface area contributed by atoms with Gasteiger partial charge in [-0.05, 0) is 43.7 Å². The summed E-state index contributed by atoms with van der Waals surface area (Å²) in [5.41, 5.74) is 6.98. The smallest absolute Gasteiger partial charge is 0.181 e. The quantitative estimate of drug-likeness (QED) is 0.307. The van der Waals surface area contributed by atoms with Gasteiger partial charge >= 0.3 is 0 Å². The number of fused-ring (bicyclic) bond motifs is 2. The van der Waals surface area contributed by atoms with Crippen molar-refractivity contribution in [3.8, 4) is 33.8 Å². The van der Waals surface area contributed by atoms with E-state index in [0.717, 1.165) is 33.3 Å². The first-order valence-electron chi connectivity index (χ1n) is 11.2. The molecule has 0 saturated heterocycles. The van der Waals surface area contributed by atoms with E-state index >= 15 is 0 Å². The van der Waals surface area contributed by atoms with Crippen molar-refractivity contribution in [2.45, 2.75) is 19.9 Å². The zero-order chi connectivity index (χ0) is 23.9. The fourth-order valence-corrected chi connectivity index (χ4v) is 4.17. The molecule has 0 saturated carbocycles. The number of nitrogens with zero attached hydrogens (tertiary/aromatic N) is 5. The largest absolute Gasteiger partial charge is 0.382 e. The molecule has 0 unspecified atom stereocenters. The molecule has 0 radical (unpaired) electrons. The standard InChI is InChI=1S/C26H21FN8/c1-14(2)31-19-7-16(9-28-11-19)17-8-20-24(34-35-25(20)30-10-17)26-32-22-13-29-12-21(23(22)33-26)15-4-3-5-18(27)6-15/h3-14,31H,1-2H3,(H,32,33)(H,30,34,35). The van der Waals surface area contributed by atoms with E-state index in [1.807, 2.05) is 24.4 Å². The van der Waals surface area contributed by atoms with E-state index in [0.29, 0.717) is 34.3 Å². The van der Waals surface area contributed by atoms with Crippen LogP contribution in [0.15, 0.2) is 67.4 Å². The van der Waals surface area contributed by atoms with Crippen molar-refractivity contribution < 1.29 is 4.39 Å². The summed E-state index contributed by atoms with van der Waals surface area (Å²) < 4.78 is 13.8. The van der Waals surface area contributed by atoms with Gasteiger partial charge in [0.1, 0.15) is 11.5 Å². The average Bonchev–Trinajstić information content (AvgIpc) is 3.47. The Morgan fingerprint density at radius 3 is 2.63 bits per heavy atom. The Balaban J connectivity index is 1.45. The molecule has 0 aliphatic rings. The van der Waals surface area contributed by atoms with Gasteiger partial charge in [0.25, 0.3) is 0 Å². The molecule has 5 aromatic heterocycles. The van der Waals surface area contributed by atoms with E-state index < -0.39 is 0 Å². The molecule has 172 valence electrons. The minimum absolute atomic E-state index is 0.299. The third-order valence-corrected chi connectivity index (χ3v) is 5.70. The molecule has 8 nitrogen and oxygen atoms in total. The van der Waals surface area contributed by atoms with Crippen molar-refractivity contribution in [3.63, 3.8) is 0 Å². The van der Waals surface area contributed by atoms with Crippen molar-refractivity contribution >= 4 is 27.8 Å². The van der Waals surface area contributed by atoms with E-state index in [4.69, 9.17) is 4.98 Å². The number of aromatic nitrogens is 7. The second kappa shape index (κ2) is 8.28. The number of nitrogens with one attached hydrogen (secondary N) is 3. The molecule has 0 amide bonds. The Morgan fingerprint density at radius 1 is 0.914 bits per heavy atom. The van der Waals surface area contributed by atoms with Crippen LogP contribution in [-0.2, 0) is 0 Å². The lowest BCUT2D eigenvalue weighted by molar-refractivity contribution is 0.628. The Hall–Kier alpha value is -4.66. The molecule has 0 fully saturated rings. The van der Waals surface area contributed by atoms with Gasteiger partial charge in [-0.2, -0.15) is 5.10 Å². The van der Waals surface area contributed by atoms with Crippen molar-refractivity contribution in [2.75, 3.05) is 5.32 Å². The highest BCUT2D eigenvalue weighted by Crippen LogP contribution is 2.32. The van der Waals surface area contributed by atoms with Crippen molar-refractivity contribution in [1.82, 2.24) is 35.1 Å². The molecule has 3 N–H and O–H groups in total. The Bertz CT molecular complexity index is 1680. The van der Waals surface area contributed by atoms with Crippen molar-refractivity contribution in [2.24, 2.45) is 0 Å². The molecular weight excluding hydrogens is 443 g/mol.